The first-order valence-electron chi connectivity index (χ1n) is 9.13. The molecule has 0 spiro atoms. The van der Waals surface area contributed by atoms with E-state index in [1.54, 1.807) is 52.0 Å². The molecule has 0 radical (unpaired) electrons. The summed E-state index contributed by atoms with van der Waals surface area (Å²) in [6.45, 7) is 6.79. The van der Waals surface area contributed by atoms with E-state index >= 15 is 0 Å². The second kappa shape index (κ2) is 9.53. The van der Waals surface area contributed by atoms with Crippen molar-refractivity contribution < 1.29 is 19.1 Å². The second-order valence-corrected chi connectivity index (χ2v) is 7.92. The van der Waals surface area contributed by atoms with Crippen molar-refractivity contribution in [3.8, 4) is 0 Å². The van der Waals surface area contributed by atoms with Crippen molar-refractivity contribution in [1.29, 1.82) is 0 Å². The molecule has 2 aromatic rings. The molecule has 0 aliphatic carbocycles. The number of anilines is 2. The Labute approximate surface area is 179 Å². The van der Waals surface area contributed by atoms with Crippen LogP contribution < -0.4 is 10.6 Å². The highest BCUT2D eigenvalue weighted by Crippen LogP contribution is 2.14. The Balaban J connectivity index is 2.01. The van der Waals surface area contributed by atoms with Gasteiger partial charge in [0.1, 0.15) is 29.0 Å². The number of aromatic nitrogens is 2. The van der Waals surface area contributed by atoms with Crippen LogP contribution in [-0.4, -0.2) is 51.5 Å². The van der Waals surface area contributed by atoms with Gasteiger partial charge in [-0.25, -0.2) is 14.8 Å². The minimum absolute atomic E-state index is 0.170. The van der Waals surface area contributed by atoms with Crippen LogP contribution in [0.5, 0.6) is 0 Å². The minimum atomic E-state index is -0.807. The molecule has 0 aromatic carbocycles. The van der Waals surface area contributed by atoms with Crippen LogP contribution in [-0.2, 0) is 9.53 Å². The fourth-order valence-corrected chi connectivity index (χ4v) is 2.27. The van der Waals surface area contributed by atoms with Crippen molar-refractivity contribution in [1.82, 2.24) is 14.9 Å². The van der Waals surface area contributed by atoms with Crippen LogP contribution in [0, 0.1) is 0 Å². The third-order valence-electron chi connectivity index (χ3n) is 3.84. The van der Waals surface area contributed by atoms with Crippen LogP contribution in [0.4, 0.5) is 16.4 Å². The average molecular weight is 434 g/mol. The fraction of sp³-hybridized carbons (Fsp3) is 0.350. The van der Waals surface area contributed by atoms with E-state index in [-0.39, 0.29) is 17.3 Å². The lowest BCUT2D eigenvalue weighted by molar-refractivity contribution is -0.120. The molecule has 0 saturated carbocycles. The second-order valence-electron chi connectivity index (χ2n) is 7.48. The fourth-order valence-electron chi connectivity index (χ4n) is 2.16. The Morgan fingerprint density at radius 1 is 1.10 bits per heavy atom. The van der Waals surface area contributed by atoms with E-state index in [1.807, 2.05) is 0 Å². The zero-order chi connectivity index (χ0) is 22.5. The molecule has 10 heteroatoms. The smallest absolute Gasteiger partial charge is 0.410 e. The number of ether oxygens (including phenoxy) is 1. The van der Waals surface area contributed by atoms with Crippen LogP contribution in [0.15, 0.2) is 36.5 Å². The Hall–Kier alpha value is -3.20. The monoisotopic (exact) mass is 433 g/mol. The van der Waals surface area contributed by atoms with E-state index in [4.69, 9.17) is 16.3 Å². The van der Waals surface area contributed by atoms with E-state index in [1.165, 1.54) is 24.2 Å². The van der Waals surface area contributed by atoms with Gasteiger partial charge >= 0.3 is 6.09 Å². The van der Waals surface area contributed by atoms with Crippen LogP contribution in [0.3, 0.4) is 0 Å². The summed E-state index contributed by atoms with van der Waals surface area (Å²) < 4.78 is 5.26. The van der Waals surface area contributed by atoms with Gasteiger partial charge in [0.15, 0.2) is 0 Å². The van der Waals surface area contributed by atoms with Gasteiger partial charge in [-0.1, -0.05) is 17.7 Å². The maximum Gasteiger partial charge on any atom is 0.410 e. The Bertz CT molecular complexity index is 928. The Morgan fingerprint density at radius 2 is 1.73 bits per heavy atom. The number of amides is 3. The average Bonchev–Trinajstić information content (AvgIpc) is 2.66. The number of nitrogens with one attached hydrogen (secondary N) is 2. The van der Waals surface area contributed by atoms with Gasteiger partial charge in [0.25, 0.3) is 5.91 Å². The number of hydrogen-bond acceptors (Lipinski definition) is 6. The largest absolute Gasteiger partial charge is 0.444 e. The van der Waals surface area contributed by atoms with Gasteiger partial charge in [0, 0.05) is 13.2 Å². The van der Waals surface area contributed by atoms with Crippen LogP contribution in [0.2, 0.25) is 5.02 Å². The summed E-state index contributed by atoms with van der Waals surface area (Å²) in [7, 11) is 1.47. The number of likely N-dealkylation sites (N-methyl/N-ethyl adjacent to an activating group) is 1. The van der Waals surface area contributed by atoms with E-state index in [0.29, 0.717) is 5.02 Å². The zero-order valence-electron chi connectivity index (χ0n) is 17.4. The number of carbonyl (C=O) groups excluding carboxylic acids is 3. The molecule has 2 N–H and O–H groups in total. The molecule has 0 bridgehead atoms. The Kier molecular flexibility index (Phi) is 7.33. The van der Waals surface area contributed by atoms with Gasteiger partial charge < -0.3 is 15.4 Å². The van der Waals surface area contributed by atoms with Crippen molar-refractivity contribution in [2.45, 2.75) is 39.3 Å². The summed E-state index contributed by atoms with van der Waals surface area (Å²) in [6.07, 6.45) is 0.748. The standard InChI is InChI=1S/C20H24ClN5O4/c1-12(26(5)19(29)30-20(2,3)4)17(27)24-15-7-6-8-16(23-15)25-18(28)14-10-9-13(21)11-22-14/h6-12H,1-5H3,(H2,23,24,25,27,28). The molecule has 3 amide bonds. The van der Waals surface area contributed by atoms with Gasteiger partial charge in [0.2, 0.25) is 5.91 Å². The molecule has 0 fully saturated rings. The molecule has 30 heavy (non-hydrogen) atoms. The van der Waals surface area contributed by atoms with Gasteiger partial charge in [-0.3, -0.25) is 14.5 Å². The molecular formula is C20H24ClN5O4. The first kappa shape index (κ1) is 23.1. The first-order chi connectivity index (χ1) is 14.0. The predicted octanol–water partition coefficient (Wildman–Crippen LogP) is 3.58. The first-order valence-corrected chi connectivity index (χ1v) is 9.51. The van der Waals surface area contributed by atoms with Crippen molar-refractivity contribution in [2.24, 2.45) is 0 Å². The maximum atomic E-state index is 12.5. The molecule has 0 aliphatic heterocycles. The number of hydrogen-bond donors (Lipinski definition) is 2. The van der Waals surface area contributed by atoms with Gasteiger partial charge in [-0.2, -0.15) is 0 Å². The summed E-state index contributed by atoms with van der Waals surface area (Å²) in [6, 6.07) is 6.98. The highest BCUT2D eigenvalue weighted by Gasteiger charge is 2.27. The third kappa shape index (κ3) is 6.70. The SMILES string of the molecule is CC(C(=O)Nc1cccc(NC(=O)c2ccc(Cl)cn2)n1)N(C)C(=O)OC(C)(C)C. The molecule has 2 heterocycles. The van der Waals surface area contributed by atoms with Crippen LogP contribution in [0.25, 0.3) is 0 Å². The van der Waals surface area contributed by atoms with E-state index < -0.39 is 29.6 Å². The number of rotatable bonds is 5. The number of halogens is 1. The van der Waals surface area contributed by atoms with Crippen LogP contribution >= 0.6 is 11.6 Å². The van der Waals surface area contributed by atoms with Crippen LogP contribution in [0.1, 0.15) is 38.2 Å². The molecule has 0 aliphatic rings. The number of nitrogens with zero attached hydrogens (tertiary/aromatic N) is 3. The normalized spacial score (nSPS) is 11.9. The van der Waals surface area contributed by atoms with E-state index in [9.17, 15) is 14.4 Å². The highest BCUT2D eigenvalue weighted by atomic mass is 35.5. The van der Waals surface area contributed by atoms with Gasteiger partial charge in [-0.05, 0) is 52.0 Å². The van der Waals surface area contributed by atoms with Crippen molar-refractivity contribution >= 4 is 41.1 Å². The summed E-state index contributed by atoms with van der Waals surface area (Å²) in [5.41, 5.74) is -0.502. The zero-order valence-corrected chi connectivity index (χ0v) is 18.1. The predicted molar refractivity (Wildman–Crippen MR) is 114 cm³/mol. The molecule has 0 saturated heterocycles. The van der Waals surface area contributed by atoms with E-state index in [0.717, 1.165) is 0 Å². The molecular weight excluding hydrogens is 410 g/mol. The van der Waals surface area contributed by atoms with Gasteiger partial charge in [-0.15, -0.1) is 0 Å². The van der Waals surface area contributed by atoms with Crippen molar-refractivity contribution in [2.75, 3.05) is 17.7 Å². The molecule has 2 rings (SSSR count). The summed E-state index contributed by atoms with van der Waals surface area (Å²) in [4.78, 5) is 46.2. The van der Waals surface area contributed by atoms with Crippen molar-refractivity contribution in [3.05, 3.63) is 47.2 Å². The lowest BCUT2D eigenvalue weighted by Gasteiger charge is -2.28. The topological polar surface area (TPSA) is 114 Å². The third-order valence-corrected chi connectivity index (χ3v) is 4.07. The molecule has 1 atom stereocenters. The Morgan fingerprint density at radius 3 is 2.30 bits per heavy atom. The molecule has 9 nitrogen and oxygen atoms in total. The summed E-state index contributed by atoms with van der Waals surface area (Å²) in [5, 5.41) is 5.63. The maximum absolute atomic E-state index is 12.5. The lowest BCUT2D eigenvalue weighted by Crippen LogP contribution is -2.45. The molecule has 160 valence electrons. The lowest BCUT2D eigenvalue weighted by atomic mass is 10.2. The number of pyridine rings is 2. The quantitative estimate of drug-likeness (QED) is 0.745. The summed E-state index contributed by atoms with van der Waals surface area (Å²) >= 11 is 5.77. The highest BCUT2D eigenvalue weighted by molar-refractivity contribution is 6.30. The number of carbonyl (C=O) groups is 3. The van der Waals surface area contributed by atoms with Gasteiger partial charge in [0.05, 0.1) is 5.02 Å². The van der Waals surface area contributed by atoms with Crippen molar-refractivity contribution in [3.63, 3.8) is 0 Å². The summed E-state index contributed by atoms with van der Waals surface area (Å²) in [5.74, 6) is -0.492. The minimum Gasteiger partial charge on any atom is -0.444 e. The molecule has 2 aromatic heterocycles. The molecule has 1 unspecified atom stereocenters. The van der Waals surface area contributed by atoms with E-state index in [2.05, 4.69) is 20.6 Å².